The minimum atomic E-state index is 0.448. The largest absolute Gasteiger partial charge is 0.440 e. The summed E-state index contributed by atoms with van der Waals surface area (Å²) in [5.41, 5.74) is 8.85. The lowest BCUT2D eigenvalue weighted by Crippen LogP contribution is -2.43. The molecule has 0 bridgehead atoms. The highest BCUT2D eigenvalue weighted by atomic mass is 16.3. The third kappa shape index (κ3) is 2.58. The van der Waals surface area contributed by atoms with E-state index < -0.39 is 0 Å². The van der Waals surface area contributed by atoms with Crippen LogP contribution in [0.25, 0.3) is 11.1 Å². The quantitative estimate of drug-likeness (QED) is 0.934. The van der Waals surface area contributed by atoms with Crippen LogP contribution in [-0.2, 0) is 0 Å². The molecule has 0 spiro atoms. The third-order valence-electron chi connectivity index (χ3n) is 4.40. The van der Waals surface area contributed by atoms with Gasteiger partial charge in [-0.3, -0.25) is 4.90 Å². The van der Waals surface area contributed by atoms with Gasteiger partial charge in [0.1, 0.15) is 5.52 Å². The average Bonchev–Trinajstić information content (AvgIpc) is 2.89. The molecule has 0 radical (unpaired) electrons. The second kappa shape index (κ2) is 5.54. The summed E-state index contributed by atoms with van der Waals surface area (Å²) in [5.74, 6) is 1.36. The van der Waals surface area contributed by atoms with Crippen LogP contribution >= 0.6 is 0 Å². The number of piperidine rings is 1. The molecule has 2 aromatic rings. The first-order chi connectivity index (χ1) is 9.67. The van der Waals surface area contributed by atoms with Gasteiger partial charge in [-0.25, -0.2) is 4.98 Å². The van der Waals surface area contributed by atoms with Crippen LogP contribution < -0.4 is 5.73 Å². The molecule has 1 aliphatic heterocycles. The molecular formula is C16H23N3O. The highest BCUT2D eigenvalue weighted by Gasteiger charge is 2.26. The first-order valence-electron chi connectivity index (χ1n) is 7.48. The van der Waals surface area contributed by atoms with Gasteiger partial charge in [0, 0.05) is 18.5 Å². The number of hydrogen-bond donors (Lipinski definition) is 1. The zero-order valence-electron chi connectivity index (χ0n) is 12.3. The number of benzene rings is 1. The summed E-state index contributed by atoms with van der Waals surface area (Å²) < 4.78 is 5.96. The lowest BCUT2D eigenvalue weighted by Gasteiger charge is -2.34. The number of fused-ring (bicyclic) bond motifs is 1. The van der Waals surface area contributed by atoms with Crippen LogP contribution in [0.3, 0.4) is 0 Å². The Morgan fingerprint density at radius 2 is 2.15 bits per heavy atom. The predicted molar refractivity (Wildman–Crippen MR) is 80.8 cm³/mol. The first kappa shape index (κ1) is 13.6. The fourth-order valence-corrected chi connectivity index (χ4v) is 2.96. The molecular weight excluding hydrogens is 250 g/mol. The van der Waals surface area contributed by atoms with E-state index in [4.69, 9.17) is 10.2 Å². The maximum absolute atomic E-state index is 5.96. The van der Waals surface area contributed by atoms with Crippen molar-refractivity contribution in [3.8, 4) is 0 Å². The van der Waals surface area contributed by atoms with Crippen molar-refractivity contribution < 1.29 is 4.42 Å². The molecule has 1 atom stereocenters. The first-order valence-corrected chi connectivity index (χ1v) is 7.48. The molecule has 1 aliphatic rings. The second-order valence-corrected chi connectivity index (χ2v) is 5.92. The van der Waals surface area contributed by atoms with Crippen LogP contribution in [0.1, 0.15) is 37.1 Å². The summed E-state index contributed by atoms with van der Waals surface area (Å²) in [6, 6.07) is 6.67. The van der Waals surface area contributed by atoms with Crippen LogP contribution in [-0.4, -0.2) is 35.6 Å². The molecule has 4 heteroatoms. The monoisotopic (exact) mass is 273 g/mol. The van der Waals surface area contributed by atoms with Crippen molar-refractivity contribution >= 4 is 11.1 Å². The van der Waals surface area contributed by atoms with E-state index in [1.165, 1.54) is 5.56 Å². The van der Waals surface area contributed by atoms with E-state index in [1.54, 1.807) is 0 Å². The van der Waals surface area contributed by atoms with Crippen molar-refractivity contribution in [2.24, 2.45) is 5.73 Å². The highest BCUT2D eigenvalue weighted by Crippen LogP contribution is 2.30. The van der Waals surface area contributed by atoms with E-state index in [1.807, 2.05) is 6.07 Å². The highest BCUT2D eigenvalue weighted by molar-refractivity contribution is 5.73. The van der Waals surface area contributed by atoms with Gasteiger partial charge in [0.15, 0.2) is 11.5 Å². The fourth-order valence-electron chi connectivity index (χ4n) is 2.96. The number of likely N-dealkylation sites (tertiary alicyclic amines) is 1. The Kier molecular flexibility index (Phi) is 3.76. The average molecular weight is 273 g/mol. The summed E-state index contributed by atoms with van der Waals surface area (Å²) in [4.78, 5) is 7.12. The van der Waals surface area contributed by atoms with Crippen LogP contribution in [0.4, 0.5) is 0 Å². The maximum atomic E-state index is 5.96. The summed E-state index contributed by atoms with van der Waals surface area (Å²) in [6.07, 6.45) is 2.21. The molecule has 108 valence electrons. The topological polar surface area (TPSA) is 55.3 Å². The Morgan fingerprint density at radius 3 is 2.85 bits per heavy atom. The van der Waals surface area contributed by atoms with Crippen LogP contribution in [0, 0.1) is 6.92 Å². The molecule has 1 fully saturated rings. The van der Waals surface area contributed by atoms with Gasteiger partial charge in [-0.2, -0.15) is 0 Å². The van der Waals surface area contributed by atoms with Crippen LogP contribution in [0.2, 0.25) is 0 Å². The summed E-state index contributed by atoms with van der Waals surface area (Å²) >= 11 is 0. The molecule has 20 heavy (non-hydrogen) atoms. The number of aryl methyl sites for hydroxylation is 1. The molecule has 0 aliphatic carbocycles. The van der Waals surface area contributed by atoms with E-state index >= 15 is 0 Å². The second-order valence-electron chi connectivity index (χ2n) is 5.92. The van der Waals surface area contributed by atoms with Crippen LogP contribution in [0.15, 0.2) is 22.6 Å². The van der Waals surface area contributed by atoms with Crippen molar-refractivity contribution in [3.05, 3.63) is 29.7 Å². The summed E-state index contributed by atoms with van der Waals surface area (Å²) in [6.45, 7) is 7.17. The number of oxazole rings is 1. The minimum absolute atomic E-state index is 0.448. The summed E-state index contributed by atoms with van der Waals surface area (Å²) in [7, 11) is 0. The van der Waals surface area contributed by atoms with Gasteiger partial charge in [-0.15, -0.1) is 0 Å². The van der Waals surface area contributed by atoms with Gasteiger partial charge >= 0.3 is 0 Å². The normalized spacial score (nSPS) is 19.6. The minimum Gasteiger partial charge on any atom is -0.440 e. The number of aromatic nitrogens is 1. The Morgan fingerprint density at radius 1 is 1.40 bits per heavy atom. The van der Waals surface area contributed by atoms with Crippen molar-refractivity contribution in [1.29, 1.82) is 0 Å². The smallest absolute Gasteiger partial charge is 0.198 e. The molecule has 1 unspecified atom stereocenters. The molecule has 0 amide bonds. The molecule has 1 aromatic heterocycles. The molecule has 0 saturated carbocycles. The fraction of sp³-hybridized carbons (Fsp3) is 0.562. The Bertz CT molecular complexity index is 584. The van der Waals surface area contributed by atoms with Crippen LogP contribution in [0.5, 0.6) is 0 Å². The van der Waals surface area contributed by atoms with Gasteiger partial charge in [0.2, 0.25) is 0 Å². The van der Waals surface area contributed by atoms with E-state index in [9.17, 15) is 0 Å². The lowest BCUT2D eigenvalue weighted by atomic mass is 9.96. The van der Waals surface area contributed by atoms with Crippen molar-refractivity contribution in [2.75, 3.05) is 19.6 Å². The Hall–Kier alpha value is -1.39. The van der Waals surface area contributed by atoms with Gasteiger partial charge in [-0.05, 0) is 57.5 Å². The maximum Gasteiger partial charge on any atom is 0.198 e. The molecule has 1 aromatic carbocycles. The number of rotatable bonds is 3. The molecule has 2 heterocycles. The number of nitrogens with two attached hydrogens (primary N) is 1. The summed E-state index contributed by atoms with van der Waals surface area (Å²) in [5, 5.41) is 0. The zero-order chi connectivity index (χ0) is 14.1. The van der Waals surface area contributed by atoms with Gasteiger partial charge in [-0.1, -0.05) is 6.07 Å². The van der Waals surface area contributed by atoms with Gasteiger partial charge in [0.05, 0.1) is 0 Å². The van der Waals surface area contributed by atoms with Gasteiger partial charge < -0.3 is 10.2 Å². The zero-order valence-corrected chi connectivity index (χ0v) is 12.3. The van der Waals surface area contributed by atoms with E-state index in [0.717, 1.165) is 49.5 Å². The lowest BCUT2D eigenvalue weighted by molar-refractivity contribution is 0.158. The van der Waals surface area contributed by atoms with Crippen molar-refractivity contribution in [2.45, 2.75) is 38.6 Å². The number of nitrogens with zero attached hydrogens (tertiary/aromatic N) is 2. The SMILES string of the molecule is Cc1ccc2nc(C3CCN(C(C)CN)CC3)oc2c1. The van der Waals surface area contributed by atoms with Crippen molar-refractivity contribution in [3.63, 3.8) is 0 Å². The predicted octanol–water partition coefficient (Wildman–Crippen LogP) is 2.66. The van der Waals surface area contributed by atoms with E-state index in [2.05, 4.69) is 35.9 Å². The Balaban J connectivity index is 1.73. The Labute approximate surface area is 120 Å². The third-order valence-corrected chi connectivity index (χ3v) is 4.40. The molecule has 3 rings (SSSR count). The standard InChI is InChI=1S/C16H23N3O/c1-11-3-4-14-15(9-11)20-16(18-14)13-5-7-19(8-6-13)12(2)10-17/h3-4,9,12-13H,5-8,10,17H2,1-2H3. The molecule has 4 nitrogen and oxygen atoms in total. The number of hydrogen-bond acceptors (Lipinski definition) is 4. The molecule has 2 N–H and O–H groups in total. The van der Waals surface area contributed by atoms with Crippen molar-refractivity contribution in [1.82, 2.24) is 9.88 Å². The van der Waals surface area contributed by atoms with Gasteiger partial charge in [0.25, 0.3) is 0 Å². The van der Waals surface area contributed by atoms with E-state index in [-0.39, 0.29) is 0 Å². The molecule has 1 saturated heterocycles. The van der Waals surface area contributed by atoms with E-state index in [0.29, 0.717) is 12.0 Å².